The number of nitrogens with zero attached hydrogens (tertiary/aromatic N) is 1. The third-order valence-corrected chi connectivity index (χ3v) is 3.38. The number of rotatable bonds is 2. The van der Waals surface area contributed by atoms with Gasteiger partial charge >= 0.3 is 0 Å². The Hall–Kier alpha value is -0.320. The zero-order chi connectivity index (χ0) is 10.5. The quantitative estimate of drug-likeness (QED) is 0.734. The highest BCUT2D eigenvalue weighted by molar-refractivity contribution is 5.85. The van der Waals surface area contributed by atoms with E-state index >= 15 is 0 Å². The normalized spacial score (nSPS) is 24.4. The molecule has 2 rings (SSSR count). The van der Waals surface area contributed by atoms with E-state index in [2.05, 4.69) is 15.5 Å². The Morgan fingerprint density at radius 1 is 1.19 bits per heavy atom. The first kappa shape index (κ1) is 13.7. The highest BCUT2D eigenvalue weighted by Crippen LogP contribution is 2.13. The van der Waals surface area contributed by atoms with Gasteiger partial charge in [-0.05, 0) is 31.8 Å². The summed E-state index contributed by atoms with van der Waals surface area (Å²) < 4.78 is 0. The highest BCUT2D eigenvalue weighted by atomic mass is 35.5. The summed E-state index contributed by atoms with van der Waals surface area (Å²) in [5.74, 6) is 1.04. The third kappa shape index (κ3) is 4.28. The molecular weight excluding hydrogens is 226 g/mol. The van der Waals surface area contributed by atoms with Gasteiger partial charge in [0.15, 0.2) is 0 Å². The summed E-state index contributed by atoms with van der Waals surface area (Å²) in [5.41, 5.74) is 0. The summed E-state index contributed by atoms with van der Waals surface area (Å²) in [4.78, 5) is 13.6. The molecule has 16 heavy (non-hydrogen) atoms. The van der Waals surface area contributed by atoms with Gasteiger partial charge in [-0.15, -0.1) is 12.4 Å². The second-order valence-corrected chi connectivity index (χ2v) is 4.59. The summed E-state index contributed by atoms with van der Waals surface area (Å²) >= 11 is 0. The molecule has 0 spiro atoms. The van der Waals surface area contributed by atoms with Crippen LogP contribution in [0.25, 0.3) is 0 Å². The van der Waals surface area contributed by atoms with Crippen molar-refractivity contribution in [2.75, 3.05) is 39.3 Å². The predicted molar refractivity (Wildman–Crippen MR) is 66.9 cm³/mol. The van der Waals surface area contributed by atoms with Crippen molar-refractivity contribution in [2.45, 2.75) is 19.3 Å². The van der Waals surface area contributed by atoms with Crippen molar-refractivity contribution in [1.29, 1.82) is 0 Å². The van der Waals surface area contributed by atoms with Crippen LogP contribution in [-0.2, 0) is 4.79 Å². The van der Waals surface area contributed by atoms with E-state index in [4.69, 9.17) is 0 Å². The van der Waals surface area contributed by atoms with Crippen molar-refractivity contribution < 1.29 is 4.79 Å². The Labute approximate surface area is 104 Å². The summed E-state index contributed by atoms with van der Waals surface area (Å²) in [5, 5.41) is 6.31. The molecule has 2 fully saturated rings. The number of carbonyl (C=O) groups is 1. The van der Waals surface area contributed by atoms with Gasteiger partial charge in [0, 0.05) is 32.6 Å². The van der Waals surface area contributed by atoms with Gasteiger partial charge in [0.2, 0.25) is 5.91 Å². The molecule has 0 aliphatic carbocycles. The van der Waals surface area contributed by atoms with Crippen LogP contribution in [0.3, 0.4) is 0 Å². The molecule has 2 saturated heterocycles. The molecule has 2 N–H and O–H groups in total. The van der Waals surface area contributed by atoms with Crippen LogP contribution >= 0.6 is 12.4 Å². The third-order valence-electron chi connectivity index (χ3n) is 3.38. The lowest BCUT2D eigenvalue weighted by Crippen LogP contribution is -2.37. The van der Waals surface area contributed by atoms with E-state index in [-0.39, 0.29) is 18.3 Å². The Kier molecular flexibility index (Phi) is 6.09. The molecule has 2 aliphatic rings. The molecule has 2 aliphatic heterocycles. The molecule has 0 atom stereocenters. The minimum atomic E-state index is 0. The van der Waals surface area contributed by atoms with Crippen LogP contribution in [-0.4, -0.2) is 50.1 Å². The smallest absolute Gasteiger partial charge is 0.221 e. The lowest BCUT2D eigenvalue weighted by atomic mass is 9.97. The van der Waals surface area contributed by atoms with Crippen LogP contribution in [0.4, 0.5) is 0 Å². The van der Waals surface area contributed by atoms with Gasteiger partial charge in [-0.1, -0.05) is 0 Å². The van der Waals surface area contributed by atoms with Crippen LogP contribution in [0.15, 0.2) is 0 Å². The van der Waals surface area contributed by atoms with Crippen LogP contribution < -0.4 is 10.6 Å². The number of halogens is 1. The molecule has 1 amide bonds. The molecular formula is C11H22ClN3O. The maximum atomic E-state index is 11.2. The molecule has 0 radical (unpaired) electrons. The minimum Gasteiger partial charge on any atom is -0.355 e. The Morgan fingerprint density at radius 3 is 2.69 bits per heavy atom. The fourth-order valence-corrected chi connectivity index (χ4v) is 2.43. The van der Waals surface area contributed by atoms with Crippen LogP contribution in [0, 0.1) is 5.92 Å². The summed E-state index contributed by atoms with van der Waals surface area (Å²) in [6, 6.07) is 0. The van der Waals surface area contributed by atoms with Gasteiger partial charge in [0.1, 0.15) is 0 Å². The minimum absolute atomic E-state index is 0. The molecule has 5 heteroatoms. The summed E-state index contributed by atoms with van der Waals surface area (Å²) in [6.07, 6.45) is 3.25. The highest BCUT2D eigenvalue weighted by Gasteiger charge is 2.19. The van der Waals surface area contributed by atoms with E-state index in [1.165, 1.54) is 19.4 Å². The van der Waals surface area contributed by atoms with Gasteiger partial charge in [-0.25, -0.2) is 0 Å². The Bertz CT molecular complexity index is 219. The molecule has 2 heterocycles. The molecule has 4 nitrogen and oxygen atoms in total. The van der Waals surface area contributed by atoms with E-state index in [1.807, 2.05) is 0 Å². The lowest BCUT2D eigenvalue weighted by Gasteiger charge is -2.28. The number of nitrogens with one attached hydrogen (secondary N) is 2. The fourth-order valence-electron chi connectivity index (χ4n) is 2.43. The molecule has 0 aromatic heterocycles. The van der Waals surface area contributed by atoms with E-state index in [1.54, 1.807) is 0 Å². The fraction of sp³-hybridized carbons (Fsp3) is 0.909. The standard InChI is InChI=1S/C11H21N3O.ClH/c15-11-3-7-14(8-6-13-11)9-10-1-4-12-5-2-10;/h10,12H,1-9H2,(H,13,15);1H. The first-order valence-electron chi connectivity index (χ1n) is 6.04. The molecule has 94 valence electrons. The number of carbonyl (C=O) groups excluding carboxylic acids is 1. The van der Waals surface area contributed by atoms with E-state index in [0.717, 1.165) is 38.6 Å². The van der Waals surface area contributed by atoms with Crippen molar-refractivity contribution in [2.24, 2.45) is 5.92 Å². The first-order valence-corrected chi connectivity index (χ1v) is 6.04. The van der Waals surface area contributed by atoms with Gasteiger partial charge in [0.25, 0.3) is 0 Å². The predicted octanol–water partition coefficient (Wildman–Crippen LogP) is 0.230. The van der Waals surface area contributed by atoms with Crippen molar-refractivity contribution in [3.63, 3.8) is 0 Å². The maximum Gasteiger partial charge on any atom is 0.221 e. The topological polar surface area (TPSA) is 44.4 Å². The van der Waals surface area contributed by atoms with Gasteiger partial charge in [0.05, 0.1) is 0 Å². The zero-order valence-corrected chi connectivity index (χ0v) is 10.5. The second-order valence-electron chi connectivity index (χ2n) is 4.59. The average Bonchev–Trinajstić information content (AvgIpc) is 2.46. The largest absolute Gasteiger partial charge is 0.355 e. The maximum absolute atomic E-state index is 11.2. The van der Waals surface area contributed by atoms with Crippen molar-refractivity contribution in [3.8, 4) is 0 Å². The SMILES string of the molecule is Cl.O=C1CCN(CC2CCNCC2)CCN1. The van der Waals surface area contributed by atoms with Crippen molar-refractivity contribution in [1.82, 2.24) is 15.5 Å². The van der Waals surface area contributed by atoms with Crippen LogP contribution in [0.2, 0.25) is 0 Å². The molecule has 0 saturated carbocycles. The molecule has 0 aromatic carbocycles. The van der Waals surface area contributed by atoms with Crippen molar-refractivity contribution in [3.05, 3.63) is 0 Å². The molecule has 0 unspecified atom stereocenters. The summed E-state index contributed by atoms with van der Waals surface area (Å²) in [7, 11) is 0. The van der Waals surface area contributed by atoms with E-state index in [0.29, 0.717) is 6.42 Å². The van der Waals surface area contributed by atoms with Crippen molar-refractivity contribution >= 4 is 18.3 Å². The Morgan fingerprint density at radius 2 is 1.94 bits per heavy atom. The van der Waals surface area contributed by atoms with Gasteiger partial charge in [-0.2, -0.15) is 0 Å². The van der Waals surface area contributed by atoms with Crippen LogP contribution in [0.5, 0.6) is 0 Å². The average molecular weight is 248 g/mol. The number of piperidine rings is 1. The summed E-state index contributed by atoms with van der Waals surface area (Å²) in [6.45, 7) is 6.29. The second kappa shape index (κ2) is 7.09. The van der Waals surface area contributed by atoms with Crippen LogP contribution in [0.1, 0.15) is 19.3 Å². The lowest BCUT2D eigenvalue weighted by molar-refractivity contribution is -0.120. The number of amides is 1. The van der Waals surface area contributed by atoms with Gasteiger partial charge < -0.3 is 15.5 Å². The number of hydrogen-bond donors (Lipinski definition) is 2. The molecule has 0 aromatic rings. The number of hydrogen-bond acceptors (Lipinski definition) is 3. The van der Waals surface area contributed by atoms with E-state index in [9.17, 15) is 4.79 Å². The first-order chi connectivity index (χ1) is 7.34. The monoisotopic (exact) mass is 247 g/mol. The molecule has 0 bridgehead atoms. The van der Waals surface area contributed by atoms with Gasteiger partial charge in [-0.3, -0.25) is 4.79 Å². The Balaban J connectivity index is 0.00000128. The zero-order valence-electron chi connectivity index (χ0n) is 9.71. The van der Waals surface area contributed by atoms with E-state index < -0.39 is 0 Å².